The van der Waals surface area contributed by atoms with E-state index in [9.17, 15) is 0 Å². The standard InChI is InChI=1S/C48H28N4/c1-2-11-33(12-3-1)51-44-19-17-32(25-39(44)40-23-29-9-4-5-10-30(29)26-46(40)51)31-18-20-45-38(24-31)34-13-6-7-16-43(34)52(45)47-27-37-35-14-8-15-42-48(35)36(21-22-49-42)41(37)28-50-47/h1-28H. The number of nitrogens with zero attached hydrogens (tertiary/aromatic N) is 4. The van der Waals surface area contributed by atoms with Crippen molar-refractivity contribution in [2.75, 3.05) is 0 Å². The highest BCUT2D eigenvalue weighted by Gasteiger charge is 2.24. The molecule has 0 radical (unpaired) electrons. The van der Waals surface area contributed by atoms with Crippen LogP contribution in [0.5, 0.6) is 0 Å². The van der Waals surface area contributed by atoms with Crippen LogP contribution < -0.4 is 0 Å². The number of para-hydroxylation sites is 2. The van der Waals surface area contributed by atoms with Crippen molar-refractivity contribution in [3.05, 3.63) is 170 Å². The highest BCUT2D eigenvalue weighted by atomic mass is 15.1. The third-order valence-electron chi connectivity index (χ3n) is 11.1. The van der Waals surface area contributed by atoms with E-state index in [4.69, 9.17) is 4.98 Å². The number of pyridine rings is 2. The molecule has 4 heterocycles. The molecule has 0 atom stereocenters. The van der Waals surface area contributed by atoms with Crippen LogP contribution in [-0.2, 0) is 0 Å². The summed E-state index contributed by atoms with van der Waals surface area (Å²) >= 11 is 0. The van der Waals surface area contributed by atoms with Crippen molar-refractivity contribution in [2.24, 2.45) is 0 Å². The Morgan fingerprint density at radius 2 is 1.06 bits per heavy atom. The summed E-state index contributed by atoms with van der Waals surface area (Å²) in [6.45, 7) is 0. The van der Waals surface area contributed by atoms with E-state index >= 15 is 0 Å². The normalized spacial score (nSPS) is 12.2. The second-order valence-electron chi connectivity index (χ2n) is 13.9. The van der Waals surface area contributed by atoms with Gasteiger partial charge in [0.05, 0.1) is 27.6 Å². The number of aromatic nitrogens is 4. The minimum Gasteiger partial charge on any atom is -0.309 e. The molecule has 0 N–H and O–H groups in total. The van der Waals surface area contributed by atoms with Crippen molar-refractivity contribution < 1.29 is 0 Å². The lowest BCUT2D eigenvalue weighted by molar-refractivity contribution is 1.08. The third kappa shape index (κ3) is 3.75. The molecule has 0 saturated carbocycles. The molecular formula is C48H28N4. The Morgan fingerprint density at radius 3 is 1.90 bits per heavy atom. The van der Waals surface area contributed by atoms with E-state index in [2.05, 4.69) is 172 Å². The van der Waals surface area contributed by atoms with Crippen LogP contribution in [0, 0.1) is 0 Å². The van der Waals surface area contributed by atoms with Crippen LogP contribution in [0.25, 0.3) is 110 Å². The van der Waals surface area contributed by atoms with Gasteiger partial charge in [0.25, 0.3) is 0 Å². The van der Waals surface area contributed by atoms with Gasteiger partial charge in [-0.2, -0.15) is 0 Å². The van der Waals surface area contributed by atoms with Crippen molar-refractivity contribution in [3.8, 4) is 44.9 Å². The zero-order chi connectivity index (χ0) is 33.9. The summed E-state index contributed by atoms with van der Waals surface area (Å²) in [5.41, 5.74) is 14.1. The fraction of sp³-hybridized carbons (Fsp3) is 0. The Labute approximate surface area is 298 Å². The monoisotopic (exact) mass is 660 g/mol. The van der Waals surface area contributed by atoms with Crippen LogP contribution in [0.15, 0.2) is 170 Å². The predicted octanol–water partition coefficient (Wildman–Crippen LogP) is 12.3. The quantitative estimate of drug-likeness (QED) is 0.189. The highest BCUT2D eigenvalue weighted by molar-refractivity contribution is 6.16. The molecule has 0 fully saturated rings. The number of benzene rings is 7. The third-order valence-corrected chi connectivity index (χ3v) is 11.1. The van der Waals surface area contributed by atoms with Crippen molar-refractivity contribution in [1.82, 2.24) is 19.1 Å². The second kappa shape index (κ2) is 10.3. The summed E-state index contributed by atoms with van der Waals surface area (Å²) in [7, 11) is 0. The van der Waals surface area contributed by atoms with E-state index in [1.807, 2.05) is 12.4 Å². The van der Waals surface area contributed by atoms with E-state index in [0.717, 1.165) is 33.6 Å². The molecule has 0 bridgehead atoms. The number of hydrogen-bond acceptors (Lipinski definition) is 2. The van der Waals surface area contributed by atoms with Gasteiger partial charge in [-0.25, -0.2) is 4.98 Å². The first-order valence-electron chi connectivity index (χ1n) is 17.7. The van der Waals surface area contributed by atoms with Crippen LogP contribution >= 0.6 is 0 Å². The van der Waals surface area contributed by atoms with Gasteiger partial charge in [-0.3, -0.25) is 9.55 Å². The maximum Gasteiger partial charge on any atom is 0.138 e. The lowest BCUT2D eigenvalue weighted by Crippen LogP contribution is -1.98. The molecule has 0 saturated heterocycles. The van der Waals surface area contributed by atoms with Gasteiger partial charge in [0.15, 0.2) is 0 Å². The highest BCUT2D eigenvalue weighted by Crippen LogP contribution is 2.47. The molecule has 4 heteroatoms. The topological polar surface area (TPSA) is 35.6 Å². The average Bonchev–Trinajstić information content (AvgIpc) is 3.83. The molecule has 12 rings (SSSR count). The smallest absolute Gasteiger partial charge is 0.138 e. The van der Waals surface area contributed by atoms with Gasteiger partial charge >= 0.3 is 0 Å². The Bertz CT molecular complexity index is 3290. The summed E-state index contributed by atoms with van der Waals surface area (Å²) in [5, 5.41) is 8.63. The van der Waals surface area contributed by atoms with Gasteiger partial charge in [-0.1, -0.05) is 84.9 Å². The maximum atomic E-state index is 5.10. The number of hydrogen-bond donors (Lipinski definition) is 0. The fourth-order valence-corrected chi connectivity index (χ4v) is 8.80. The largest absolute Gasteiger partial charge is 0.309 e. The molecule has 4 aromatic heterocycles. The molecule has 1 aliphatic rings. The van der Waals surface area contributed by atoms with Crippen molar-refractivity contribution >= 4 is 65.3 Å². The molecule has 4 nitrogen and oxygen atoms in total. The van der Waals surface area contributed by atoms with Crippen LogP contribution in [0.4, 0.5) is 0 Å². The van der Waals surface area contributed by atoms with Crippen LogP contribution in [0.2, 0.25) is 0 Å². The van der Waals surface area contributed by atoms with Gasteiger partial charge in [0.1, 0.15) is 5.82 Å². The number of fused-ring (bicyclic) bond motifs is 10. The van der Waals surface area contributed by atoms with Crippen LogP contribution in [0.1, 0.15) is 0 Å². The van der Waals surface area contributed by atoms with E-state index in [-0.39, 0.29) is 0 Å². The van der Waals surface area contributed by atoms with Crippen molar-refractivity contribution in [1.29, 1.82) is 0 Å². The first-order chi connectivity index (χ1) is 25.8. The molecule has 0 amide bonds. The van der Waals surface area contributed by atoms with E-state index < -0.39 is 0 Å². The lowest BCUT2D eigenvalue weighted by atomic mass is 10.00. The summed E-state index contributed by atoms with van der Waals surface area (Å²) in [4.78, 5) is 9.74. The molecule has 0 spiro atoms. The SMILES string of the molecule is c1ccc(-n2c3ccc(-c4ccc5c(c4)c4ccccc4n5-c4cc5c(cn4)-c4ccnc6cccc-5c46)cc3c3cc4ccccc4cc32)cc1. The maximum absolute atomic E-state index is 5.10. The van der Waals surface area contributed by atoms with Gasteiger partial charge in [-0.15, -0.1) is 0 Å². The van der Waals surface area contributed by atoms with Gasteiger partial charge in [0, 0.05) is 50.6 Å². The second-order valence-corrected chi connectivity index (χ2v) is 13.9. The van der Waals surface area contributed by atoms with Crippen LogP contribution in [0.3, 0.4) is 0 Å². The van der Waals surface area contributed by atoms with E-state index in [0.29, 0.717) is 0 Å². The molecule has 0 aliphatic heterocycles. The fourth-order valence-electron chi connectivity index (χ4n) is 8.80. The first-order valence-corrected chi connectivity index (χ1v) is 17.7. The van der Waals surface area contributed by atoms with Gasteiger partial charge in [0.2, 0.25) is 0 Å². The lowest BCUT2D eigenvalue weighted by Gasteiger charge is -2.10. The van der Waals surface area contributed by atoms with E-state index in [1.165, 1.54) is 76.6 Å². The molecule has 240 valence electrons. The number of rotatable bonds is 3. The minimum absolute atomic E-state index is 0.915. The summed E-state index contributed by atoms with van der Waals surface area (Å²) in [6, 6.07) is 57.3. The van der Waals surface area contributed by atoms with Crippen LogP contribution in [-0.4, -0.2) is 19.1 Å². The van der Waals surface area contributed by atoms with Crippen molar-refractivity contribution in [3.63, 3.8) is 0 Å². The molecule has 1 aliphatic carbocycles. The Kier molecular flexibility index (Phi) is 5.47. The molecule has 7 aromatic carbocycles. The zero-order valence-electron chi connectivity index (χ0n) is 28.0. The Balaban J connectivity index is 1.05. The summed E-state index contributed by atoms with van der Waals surface area (Å²) in [5.74, 6) is 0.915. The molecule has 11 aromatic rings. The summed E-state index contributed by atoms with van der Waals surface area (Å²) in [6.07, 6.45) is 3.94. The molecule has 0 unspecified atom stereocenters. The first kappa shape index (κ1) is 27.7. The predicted molar refractivity (Wildman–Crippen MR) is 216 cm³/mol. The molecular weight excluding hydrogens is 633 g/mol. The Hall–Kier alpha value is -7.04. The average molecular weight is 661 g/mol. The van der Waals surface area contributed by atoms with Gasteiger partial charge < -0.3 is 4.57 Å². The van der Waals surface area contributed by atoms with Gasteiger partial charge in [-0.05, 0) is 111 Å². The Morgan fingerprint density at radius 1 is 0.385 bits per heavy atom. The summed E-state index contributed by atoms with van der Waals surface area (Å²) < 4.78 is 4.72. The zero-order valence-corrected chi connectivity index (χ0v) is 28.0. The van der Waals surface area contributed by atoms with E-state index in [1.54, 1.807) is 0 Å². The van der Waals surface area contributed by atoms with Crippen molar-refractivity contribution in [2.45, 2.75) is 0 Å². The minimum atomic E-state index is 0.915. The molecule has 52 heavy (non-hydrogen) atoms.